The van der Waals surface area contributed by atoms with E-state index in [2.05, 4.69) is 5.32 Å². The van der Waals surface area contributed by atoms with E-state index in [1.165, 1.54) is 0 Å². The summed E-state index contributed by atoms with van der Waals surface area (Å²) >= 11 is 0. The predicted octanol–water partition coefficient (Wildman–Crippen LogP) is 3.76. The molecule has 0 aliphatic heterocycles. The van der Waals surface area contributed by atoms with E-state index in [1.807, 2.05) is 43.3 Å². The van der Waals surface area contributed by atoms with Gasteiger partial charge in [-0.05, 0) is 42.8 Å². The van der Waals surface area contributed by atoms with Crippen LogP contribution in [-0.2, 0) is 11.4 Å². The third kappa shape index (κ3) is 4.28. The van der Waals surface area contributed by atoms with E-state index in [1.54, 1.807) is 24.3 Å². The number of aryl methyl sites for hydroxylation is 1. The maximum Gasteiger partial charge on any atom is 0.262 e. The molecule has 0 aliphatic carbocycles. The largest absolute Gasteiger partial charge is 0.484 e. The average molecular weight is 337 g/mol. The van der Waals surface area contributed by atoms with Gasteiger partial charge in [0.25, 0.3) is 5.91 Å². The van der Waals surface area contributed by atoms with Crippen molar-refractivity contribution < 1.29 is 19.1 Å². The lowest BCUT2D eigenvalue weighted by atomic mass is 10.1. The van der Waals surface area contributed by atoms with E-state index in [0.717, 1.165) is 11.1 Å². The molecule has 0 spiro atoms. The highest BCUT2D eigenvalue weighted by molar-refractivity contribution is 5.93. The van der Waals surface area contributed by atoms with Crippen LogP contribution in [0.15, 0.2) is 65.1 Å². The van der Waals surface area contributed by atoms with Crippen molar-refractivity contribution >= 4 is 11.6 Å². The van der Waals surface area contributed by atoms with E-state index < -0.39 is 0 Å². The number of amides is 1. The van der Waals surface area contributed by atoms with Crippen LogP contribution < -0.4 is 10.1 Å². The van der Waals surface area contributed by atoms with Crippen molar-refractivity contribution in [2.24, 2.45) is 0 Å². The van der Waals surface area contributed by atoms with Gasteiger partial charge in [-0.3, -0.25) is 4.79 Å². The summed E-state index contributed by atoms with van der Waals surface area (Å²) < 4.78 is 11.0. The van der Waals surface area contributed by atoms with Gasteiger partial charge in [0.15, 0.2) is 6.61 Å². The molecule has 2 N–H and O–H groups in total. The van der Waals surface area contributed by atoms with Gasteiger partial charge in [0.1, 0.15) is 23.9 Å². The molecule has 3 rings (SSSR count). The number of rotatable bonds is 6. The molecular formula is C20H19NO4. The number of hydrogen-bond acceptors (Lipinski definition) is 4. The summed E-state index contributed by atoms with van der Waals surface area (Å²) in [5, 5.41) is 12.0. The first-order valence-corrected chi connectivity index (χ1v) is 7.94. The smallest absolute Gasteiger partial charge is 0.262 e. The number of benzene rings is 2. The molecule has 0 aliphatic rings. The quantitative estimate of drug-likeness (QED) is 0.718. The molecule has 1 aromatic heterocycles. The van der Waals surface area contributed by atoms with Crippen LogP contribution in [0.2, 0.25) is 0 Å². The number of hydrogen-bond donors (Lipinski definition) is 2. The summed E-state index contributed by atoms with van der Waals surface area (Å²) in [6, 6.07) is 18.4. The van der Waals surface area contributed by atoms with E-state index >= 15 is 0 Å². The third-order valence-electron chi connectivity index (χ3n) is 3.73. The van der Waals surface area contributed by atoms with Gasteiger partial charge in [0.05, 0.1) is 0 Å². The predicted molar refractivity (Wildman–Crippen MR) is 95.4 cm³/mol. The van der Waals surface area contributed by atoms with Crippen molar-refractivity contribution in [1.29, 1.82) is 0 Å². The lowest BCUT2D eigenvalue weighted by Crippen LogP contribution is -2.20. The number of anilines is 1. The third-order valence-corrected chi connectivity index (χ3v) is 3.73. The zero-order chi connectivity index (χ0) is 17.6. The van der Waals surface area contributed by atoms with Crippen molar-refractivity contribution in [1.82, 2.24) is 0 Å². The van der Waals surface area contributed by atoms with Crippen LogP contribution in [0.25, 0.3) is 11.3 Å². The van der Waals surface area contributed by atoms with Crippen molar-refractivity contribution in [3.05, 3.63) is 72.0 Å². The van der Waals surface area contributed by atoms with Gasteiger partial charge in [-0.15, -0.1) is 0 Å². The van der Waals surface area contributed by atoms with Gasteiger partial charge in [-0.1, -0.05) is 30.3 Å². The standard InChI is InChI=1S/C20H19NO4/c1-14-7-8-15(19-10-9-17(12-22)25-19)11-18(14)21-20(23)13-24-16-5-3-2-4-6-16/h2-11,22H,12-13H2,1H3,(H,21,23). The summed E-state index contributed by atoms with van der Waals surface area (Å²) in [4.78, 5) is 12.1. The zero-order valence-electron chi connectivity index (χ0n) is 13.9. The highest BCUT2D eigenvalue weighted by atomic mass is 16.5. The van der Waals surface area contributed by atoms with Crippen molar-refractivity contribution in [3.8, 4) is 17.1 Å². The van der Waals surface area contributed by atoms with Gasteiger partial charge in [-0.25, -0.2) is 0 Å². The zero-order valence-corrected chi connectivity index (χ0v) is 13.9. The number of para-hydroxylation sites is 1. The molecule has 0 radical (unpaired) electrons. The SMILES string of the molecule is Cc1ccc(-c2ccc(CO)o2)cc1NC(=O)COc1ccccc1. The van der Waals surface area contributed by atoms with E-state index in [0.29, 0.717) is 23.0 Å². The first-order chi connectivity index (χ1) is 12.2. The number of nitrogens with one attached hydrogen (secondary N) is 1. The second-order valence-corrected chi connectivity index (χ2v) is 5.60. The molecule has 2 aromatic carbocycles. The minimum absolute atomic E-state index is 0.0664. The van der Waals surface area contributed by atoms with Crippen molar-refractivity contribution in [2.45, 2.75) is 13.5 Å². The minimum Gasteiger partial charge on any atom is -0.484 e. The normalized spacial score (nSPS) is 10.5. The molecule has 1 amide bonds. The molecule has 1 heterocycles. The summed E-state index contributed by atoms with van der Waals surface area (Å²) in [7, 11) is 0. The molecule has 0 fully saturated rings. The van der Waals surface area contributed by atoms with Gasteiger partial charge < -0.3 is 19.6 Å². The second kappa shape index (κ2) is 7.68. The Kier molecular flexibility index (Phi) is 5.16. The van der Waals surface area contributed by atoms with Gasteiger partial charge in [-0.2, -0.15) is 0 Å². The van der Waals surface area contributed by atoms with Crippen molar-refractivity contribution in [2.75, 3.05) is 11.9 Å². The van der Waals surface area contributed by atoms with E-state index in [-0.39, 0.29) is 19.1 Å². The number of carbonyl (C=O) groups excluding carboxylic acids is 1. The maximum atomic E-state index is 12.1. The second-order valence-electron chi connectivity index (χ2n) is 5.60. The van der Waals surface area contributed by atoms with Crippen molar-refractivity contribution in [3.63, 3.8) is 0 Å². The highest BCUT2D eigenvalue weighted by Gasteiger charge is 2.10. The Balaban J connectivity index is 1.69. The van der Waals surface area contributed by atoms with Gasteiger partial charge in [0.2, 0.25) is 0 Å². The van der Waals surface area contributed by atoms with Crippen LogP contribution in [-0.4, -0.2) is 17.6 Å². The summed E-state index contributed by atoms with van der Waals surface area (Å²) in [6.45, 7) is 1.70. The average Bonchev–Trinajstić information content (AvgIpc) is 3.12. The van der Waals surface area contributed by atoms with Crippen LogP contribution in [0, 0.1) is 6.92 Å². The fourth-order valence-corrected chi connectivity index (χ4v) is 2.38. The summed E-state index contributed by atoms with van der Waals surface area (Å²) in [5.74, 6) is 1.55. The Labute approximate surface area is 145 Å². The van der Waals surface area contributed by atoms with E-state index in [4.69, 9.17) is 14.3 Å². The molecule has 3 aromatic rings. The Bertz CT molecular complexity index is 855. The van der Waals surface area contributed by atoms with Gasteiger partial charge >= 0.3 is 0 Å². The van der Waals surface area contributed by atoms with Crippen LogP contribution in [0.1, 0.15) is 11.3 Å². The molecule has 5 nitrogen and oxygen atoms in total. The molecule has 5 heteroatoms. The maximum absolute atomic E-state index is 12.1. The number of aliphatic hydroxyl groups is 1. The molecule has 128 valence electrons. The first-order valence-electron chi connectivity index (χ1n) is 7.94. The molecule has 0 saturated carbocycles. The Hall–Kier alpha value is -3.05. The lowest BCUT2D eigenvalue weighted by Gasteiger charge is -2.11. The lowest BCUT2D eigenvalue weighted by molar-refractivity contribution is -0.118. The Morgan fingerprint density at radius 3 is 2.64 bits per heavy atom. The highest BCUT2D eigenvalue weighted by Crippen LogP contribution is 2.27. The Morgan fingerprint density at radius 2 is 1.92 bits per heavy atom. The fourth-order valence-electron chi connectivity index (χ4n) is 2.38. The molecule has 0 saturated heterocycles. The Morgan fingerprint density at radius 1 is 1.12 bits per heavy atom. The number of furan rings is 1. The van der Waals surface area contributed by atoms with Crippen LogP contribution in [0.5, 0.6) is 5.75 Å². The molecular weight excluding hydrogens is 318 g/mol. The topological polar surface area (TPSA) is 71.7 Å². The minimum atomic E-state index is -0.236. The number of aliphatic hydroxyl groups excluding tert-OH is 1. The molecule has 0 atom stereocenters. The molecule has 25 heavy (non-hydrogen) atoms. The fraction of sp³-hybridized carbons (Fsp3) is 0.150. The summed E-state index contributed by atoms with van der Waals surface area (Å²) in [5.41, 5.74) is 2.46. The number of carbonyl (C=O) groups is 1. The first kappa shape index (κ1) is 16.8. The molecule has 0 unspecified atom stereocenters. The number of ether oxygens (including phenoxy) is 1. The van der Waals surface area contributed by atoms with Gasteiger partial charge in [0, 0.05) is 11.3 Å². The van der Waals surface area contributed by atoms with Crippen LogP contribution in [0.4, 0.5) is 5.69 Å². The summed E-state index contributed by atoms with van der Waals surface area (Å²) in [6.07, 6.45) is 0. The van der Waals surface area contributed by atoms with Crippen LogP contribution >= 0.6 is 0 Å². The van der Waals surface area contributed by atoms with Crippen LogP contribution in [0.3, 0.4) is 0 Å². The van der Waals surface area contributed by atoms with E-state index in [9.17, 15) is 4.79 Å². The monoisotopic (exact) mass is 337 g/mol. The molecule has 0 bridgehead atoms.